The van der Waals surface area contributed by atoms with Crippen LogP contribution in [-0.2, 0) is 11.3 Å². The Labute approximate surface area is 184 Å². The summed E-state index contributed by atoms with van der Waals surface area (Å²) in [5.41, 5.74) is 3.42. The van der Waals surface area contributed by atoms with E-state index in [0.29, 0.717) is 6.04 Å². The van der Waals surface area contributed by atoms with Gasteiger partial charge in [-0.1, -0.05) is 60.7 Å². The van der Waals surface area contributed by atoms with E-state index in [4.69, 9.17) is 4.74 Å². The number of ether oxygens (including phenoxy) is 1. The van der Waals surface area contributed by atoms with Crippen LogP contribution in [0.15, 0.2) is 84.9 Å². The lowest BCUT2D eigenvalue weighted by Crippen LogP contribution is -3.16. The van der Waals surface area contributed by atoms with Gasteiger partial charge in [-0.05, 0) is 42.3 Å². The summed E-state index contributed by atoms with van der Waals surface area (Å²) in [6.07, 6.45) is 2.37. The standard InChI is InChI=1S/C27H30N2O2/c1-20(29(24-15-16-24)19-21-13-17-25(31-2)18-14-21)27(30)28-26(22-9-5-3-6-10-22)23-11-7-4-8-12-23/h3-14,17-18,20,24,26H,15-16,19H2,1-2H3,(H,28,30)/p+1/t20-/m0/s1. The average Bonchev–Trinajstić information content (AvgIpc) is 3.67. The number of hydrogen-bond acceptors (Lipinski definition) is 2. The highest BCUT2D eigenvalue weighted by Gasteiger charge is 2.39. The molecule has 1 amide bonds. The fraction of sp³-hybridized carbons (Fsp3) is 0.296. The van der Waals surface area contributed by atoms with Crippen LogP contribution in [0.3, 0.4) is 0 Å². The van der Waals surface area contributed by atoms with E-state index in [9.17, 15) is 4.79 Å². The molecule has 1 aliphatic rings. The Morgan fingerprint density at radius 2 is 1.48 bits per heavy atom. The fourth-order valence-corrected chi connectivity index (χ4v) is 4.17. The molecule has 0 aliphatic heterocycles. The summed E-state index contributed by atoms with van der Waals surface area (Å²) in [6.45, 7) is 2.89. The largest absolute Gasteiger partial charge is 0.497 e. The number of carbonyl (C=O) groups is 1. The molecule has 160 valence electrons. The molecule has 4 rings (SSSR count). The van der Waals surface area contributed by atoms with E-state index in [2.05, 4.69) is 48.6 Å². The van der Waals surface area contributed by atoms with Crippen molar-refractivity contribution in [2.45, 2.75) is 44.4 Å². The van der Waals surface area contributed by atoms with E-state index < -0.39 is 0 Å². The monoisotopic (exact) mass is 415 g/mol. The second-order valence-electron chi connectivity index (χ2n) is 8.36. The lowest BCUT2D eigenvalue weighted by Gasteiger charge is -2.28. The van der Waals surface area contributed by atoms with Crippen LogP contribution in [0.25, 0.3) is 0 Å². The maximum Gasteiger partial charge on any atom is 0.278 e. The summed E-state index contributed by atoms with van der Waals surface area (Å²) in [4.78, 5) is 14.7. The Morgan fingerprint density at radius 1 is 0.935 bits per heavy atom. The summed E-state index contributed by atoms with van der Waals surface area (Å²) in [6, 6.07) is 28.8. The predicted octanol–water partition coefficient (Wildman–Crippen LogP) is 3.54. The van der Waals surface area contributed by atoms with Crippen molar-refractivity contribution in [2.75, 3.05) is 7.11 Å². The van der Waals surface area contributed by atoms with E-state index in [0.717, 1.165) is 23.4 Å². The van der Waals surface area contributed by atoms with Crippen LogP contribution < -0.4 is 15.0 Å². The van der Waals surface area contributed by atoms with Crippen molar-refractivity contribution in [3.8, 4) is 5.75 Å². The number of hydrogen-bond donors (Lipinski definition) is 2. The summed E-state index contributed by atoms with van der Waals surface area (Å²) in [7, 11) is 1.68. The van der Waals surface area contributed by atoms with Crippen LogP contribution in [0, 0.1) is 0 Å². The van der Waals surface area contributed by atoms with E-state index in [-0.39, 0.29) is 18.0 Å². The number of rotatable bonds is 9. The molecule has 2 N–H and O–H groups in total. The van der Waals surface area contributed by atoms with Gasteiger partial charge in [-0.3, -0.25) is 4.79 Å². The van der Waals surface area contributed by atoms with Crippen LogP contribution in [0.2, 0.25) is 0 Å². The Hall–Kier alpha value is -3.11. The molecule has 0 heterocycles. The third-order valence-electron chi connectivity index (χ3n) is 6.17. The second kappa shape index (κ2) is 9.80. The topological polar surface area (TPSA) is 42.8 Å². The van der Waals surface area contributed by atoms with Crippen molar-refractivity contribution in [3.05, 3.63) is 102 Å². The highest BCUT2D eigenvalue weighted by atomic mass is 16.5. The molecule has 0 aromatic heterocycles. The van der Waals surface area contributed by atoms with Gasteiger partial charge < -0.3 is 15.0 Å². The van der Waals surface area contributed by atoms with Crippen LogP contribution in [0.1, 0.15) is 42.5 Å². The van der Waals surface area contributed by atoms with Gasteiger partial charge in [0, 0.05) is 18.4 Å². The third kappa shape index (κ3) is 5.33. The molecular weight excluding hydrogens is 384 g/mol. The average molecular weight is 416 g/mol. The van der Waals surface area contributed by atoms with Crippen molar-refractivity contribution in [1.29, 1.82) is 0 Å². The van der Waals surface area contributed by atoms with Crippen molar-refractivity contribution in [2.24, 2.45) is 0 Å². The van der Waals surface area contributed by atoms with E-state index in [1.54, 1.807) is 7.11 Å². The zero-order valence-corrected chi connectivity index (χ0v) is 18.3. The SMILES string of the molecule is COc1ccc(C[NH+](C2CC2)[C@@H](C)C(=O)NC(c2ccccc2)c2ccccc2)cc1. The van der Waals surface area contributed by atoms with Gasteiger partial charge in [-0.2, -0.15) is 0 Å². The highest BCUT2D eigenvalue weighted by Crippen LogP contribution is 2.22. The number of nitrogens with one attached hydrogen (secondary N) is 2. The molecule has 3 aromatic rings. The van der Waals surface area contributed by atoms with Gasteiger partial charge in [-0.15, -0.1) is 0 Å². The van der Waals surface area contributed by atoms with Crippen LogP contribution in [0.4, 0.5) is 0 Å². The number of quaternary nitrogens is 1. The number of benzene rings is 3. The van der Waals surface area contributed by atoms with E-state index in [1.165, 1.54) is 23.3 Å². The molecule has 0 bridgehead atoms. The molecule has 1 saturated carbocycles. The second-order valence-corrected chi connectivity index (χ2v) is 8.36. The number of methoxy groups -OCH3 is 1. The molecule has 1 unspecified atom stereocenters. The lowest BCUT2D eigenvalue weighted by atomic mass is 9.98. The maximum absolute atomic E-state index is 13.4. The van der Waals surface area contributed by atoms with Gasteiger partial charge in [-0.25, -0.2) is 0 Å². The Kier molecular flexibility index (Phi) is 6.68. The van der Waals surface area contributed by atoms with Gasteiger partial charge in [0.2, 0.25) is 0 Å². The quantitative estimate of drug-likeness (QED) is 0.561. The van der Waals surface area contributed by atoms with Gasteiger partial charge in [0.1, 0.15) is 12.3 Å². The van der Waals surface area contributed by atoms with Crippen molar-refractivity contribution in [3.63, 3.8) is 0 Å². The first kappa shape index (κ1) is 21.1. The fourth-order valence-electron chi connectivity index (χ4n) is 4.17. The van der Waals surface area contributed by atoms with Gasteiger partial charge in [0.15, 0.2) is 6.04 Å². The highest BCUT2D eigenvalue weighted by molar-refractivity contribution is 5.81. The molecule has 1 aliphatic carbocycles. The van der Waals surface area contributed by atoms with E-state index in [1.807, 2.05) is 48.5 Å². The maximum atomic E-state index is 13.4. The zero-order valence-electron chi connectivity index (χ0n) is 18.3. The molecule has 0 radical (unpaired) electrons. The molecule has 3 aromatic carbocycles. The smallest absolute Gasteiger partial charge is 0.278 e. The number of carbonyl (C=O) groups excluding carboxylic acids is 1. The van der Waals surface area contributed by atoms with Crippen LogP contribution >= 0.6 is 0 Å². The molecule has 0 saturated heterocycles. The Morgan fingerprint density at radius 3 is 1.97 bits per heavy atom. The van der Waals surface area contributed by atoms with Crippen LogP contribution in [0.5, 0.6) is 5.75 Å². The first-order chi connectivity index (χ1) is 15.2. The molecule has 1 fully saturated rings. The Bertz CT molecular complexity index is 930. The summed E-state index contributed by atoms with van der Waals surface area (Å²) >= 11 is 0. The minimum absolute atomic E-state index is 0.0908. The summed E-state index contributed by atoms with van der Waals surface area (Å²) < 4.78 is 5.28. The minimum Gasteiger partial charge on any atom is -0.497 e. The molecule has 4 heteroatoms. The minimum atomic E-state index is -0.154. The zero-order chi connectivity index (χ0) is 21.6. The van der Waals surface area contributed by atoms with Gasteiger partial charge in [0.05, 0.1) is 19.2 Å². The van der Waals surface area contributed by atoms with Crippen LogP contribution in [-0.4, -0.2) is 25.1 Å². The molecule has 2 atom stereocenters. The lowest BCUT2D eigenvalue weighted by molar-refractivity contribution is -0.938. The van der Waals surface area contributed by atoms with Crippen molar-refractivity contribution >= 4 is 5.91 Å². The first-order valence-electron chi connectivity index (χ1n) is 11.0. The first-order valence-corrected chi connectivity index (χ1v) is 11.0. The molecule has 31 heavy (non-hydrogen) atoms. The predicted molar refractivity (Wildman–Crippen MR) is 123 cm³/mol. The normalized spacial score (nSPS) is 15.3. The molecule has 4 nitrogen and oxygen atoms in total. The summed E-state index contributed by atoms with van der Waals surface area (Å²) in [5.74, 6) is 0.948. The third-order valence-corrected chi connectivity index (χ3v) is 6.17. The molecule has 0 spiro atoms. The van der Waals surface area contributed by atoms with Crippen molar-refractivity contribution in [1.82, 2.24) is 5.32 Å². The summed E-state index contributed by atoms with van der Waals surface area (Å²) in [5, 5.41) is 3.34. The van der Waals surface area contributed by atoms with Crippen molar-refractivity contribution < 1.29 is 14.4 Å². The number of amides is 1. The Balaban J connectivity index is 1.51. The molecular formula is C27H31N2O2+. The van der Waals surface area contributed by atoms with Gasteiger partial charge >= 0.3 is 0 Å². The van der Waals surface area contributed by atoms with E-state index >= 15 is 0 Å². The van der Waals surface area contributed by atoms with Gasteiger partial charge in [0.25, 0.3) is 5.91 Å².